The maximum absolute atomic E-state index is 5.67. The number of pyridine rings is 1. The van der Waals surface area contributed by atoms with Crippen molar-refractivity contribution in [1.29, 1.82) is 0 Å². The number of rotatable bonds is 3. The Labute approximate surface area is 136 Å². The lowest BCUT2D eigenvalue weighted by Gasteiger charge is -2.11. The molecule has 21 heavy (non-hydrogen) atoms. The number of hydrogen-bond acceptors (Lipinski definition) is 3. The molecule has 0 aliphatic rings. The molecule has 0 bridgehead atoms. The van der Waals surface area contributed by atoms with E-state index in [2.05, 4.69) is 26.2 Å². The quantitative estimate of drug-likeness (QED) is 0.683. The van der Waals surface area contributed by atoms with Gasteiger partial charge in [0.15, 0.2) is 0 Å². The van der Waals surface area contributed by atoms with Gasteiger partial charge < -0.3 is 11.1 Å². The van der Waals surface area contributed by atoms with E-state index >= 15 is 0 Å². The van der Waals surface area contributed by atoms with Gasteiger partial charge in [-0.2, -0.15) is 0 Å². The van der Waals surface area contributed by atoms with Gasteiger partial charge in [0, 0.05) is 44.6 Å². The van der Waals surface area contributed by atoms with Crippen molar-refractivity contribution in [3.05, 3.63) is 64.9 Å². The molecule has 0 saturated carbocycles. The lowest BCUT2D eigenvalue weighted by atomic mass is 10.1. The van der Waals surface area contributed by atoms with Crippen molar-refractivity contribution in [2.75, 3.05) is 5.32 Å². The molecule has 0 unspecified atom stereocenters. The third-order valence-corrected chi connectivity index (χ3v) is 4.07. The molecule has 0 saturated heterocycles. The summed E-state index contributed by atoms with van der Waals surface area (Å²) in [5.41, 5.74) is 8.49. The van der Waals surface area contributed by atoms with Gasteiger partial charge in [0.1, 0.15) is 4.99 Å². The molecule has 0 aliphatic heterocycles. The monoisotopic (exact) mass is 357 g/mol. The van der Waals surface area contributed by atoms with Gasteiger partial charge in [-0.3, -0.25) is 4.98 Å². The Morgan fingerprint density at radius 2 is 2.05 bits per heavy atom. The van der Waals surface area contributed by atoms with Crippen LogP contribution in [0.3, 0.4) is 0 Å². The summed E-state index contributed by atoms with van der Waals surface area (Å²) in [5, 5.41) is 5.64. The Morgan fingerprint density at radius 1 is 1.19 bits per heavy atom. The molecule has 0 aliphatic carbocycles. The Morgan fingerprint density at radius 3 is 2.81 bits per heavy atom. The number of anilines is 2. The number of hydrogen-bond donors (Lipinski definition) is 2. The molecular formula is C16H12BrN3S. The van der Waals surface area contributed by atoms with E-state index in [0.29, 0.717) is 4.99 Å². The number of halogens is 1. The van der Waals surface area contributed by atoms with Gasteiger partial charge in [-0.25, -0.2) is 0 Å². The first-order valence-electron chi connectivity index (χ1n) is 6.34. The van der Waals surface area contributed by atoms with Gasteiger partial charge in [-0.05, 0) is 46.3 Å². The molecule has 0 atom stereocenters. The second-order valence-electron chi connectivity index (χ2n) is 4.59. The van der Waals surface area contributed by atoms with Gasteiger partial charge in [0.05, 0.1) is 0 Å². The molecule has 0 amide bonds. The predicted molar refractivity (Wildman–Crippen MR) is 95.1 cm³/mol. The van der Waals surface area contributed by atoms with Crippen LogP contribution >= 0.6 is 28.1 Å². The van der Waals surface area contributed by atoms with Crippen molar-refractivity contribution >= 4 is 55.3 Å². The summed E-state index contributed by atoms with van der Waals surface area (Å²) in [7, 11) is 0. The van der Waals surface area contributed by atoms with Crippen LogP contribution in [0.25, 0.3) is 10.8 Å². The molecular weight excluding hydrogens is 346 g/mol. The summed E-state index contributed by atoms with van der Waals surface area (Å²) < 4.78 is 0.877. The Bertz CT molecular complexity index is 827. The summed E-state index contributed by atoms with van der Waals surface area (Å²) >= 11 is 8.50. The lowest BCUT2D eigenvalue weighted by molar-refractivity contribution is 1.36. The van der Waals surface area contributed by atoms with Crippen LogP contribution in [0.1, 0.15) is 5.56 Å². The van der Waals surface area contributed by atoms with Crippen molar-refractivity contribution < 1.29 is 0 Å². The molecule has 3 aromatic rings. The second-order valence-corrected chi connectivity index (χ2v) is 5.88. The first-order chi connectivity index (χ1) is 10.1. The van der Waals surface area contributed by atoms with Gasteiger partial charge in [0.2, 0.25) is 0 Å². The maximum Gasteiger partial charge on any atom is 0.105 e. The third-order valence-electron chi connectivity index (χ3n) is 3.19. The summed E-state index contributed by atoms with van der Waals surface area (Å²) in [4.78, 5) is 4.52. The molecule has 0 spiro atoms. The Kier molecular flexibility index (Phi) is 3.86. The first-order valence-corrected chi connectivity index (χ1v) is 7.54. The SMILES string of the molecule is NC(=S)c1ccc(Nc2cccc3cnccc23)cc1Br. The molecule has 3 N–H and O–H groups in total. The van der Waals surface area contributed by atoms with Gasteiger partial charge >= 0.3 is 0 Å². The minimum Gasteiger partial charge on any atom is -0.389 e. The van der Waals surface area contributed by atoms with E-state index in [1.54, 1.807) is 6.20 Å². The summed E-state index contributed by atoms with van der Waals surface area (Å²) in [6.45, 7) is 0. The normalized spacial score (nSPS) is 10.5. The molecule has 5 heteroatoms. The maximum atomic E-state index is 5.67. The van der Waals surface area contributed by atoms with Crippen LogP contribution in [0.5, 0.6) is 0 Å². The van der Waals surface area contributed by atoms with Crippen LogP contribution in [0.2, 0.25) is 0 Å². The Hall–Kier alpha value is -1.98. The molecule has 104 valence electrons. The fraction of sp³-hybridized carbons (Fsp3) is 0. The van der Waals surface area contributed by atoms with E-state index in [0.717, 1.165) is 32.2 Å². The smallest absolute Gasteiger partial charge is 0.105 e. The van der Waals surface area contributed by atoms with E-state index in [9.17, 15) is 0 Å². The number of nitrogens with zero attached hydrogens (tertiary/aromatic N) is 1. The average Bonchev–Trinajstić information content (AvgIpc) is 2.47. The van der Waals surface area contributed by atoms with Crippen molar-refractivity contribution in [1.82, 2.24) is 4.98 Å². The molecule has 3 nitrogen and oxygen atoms in total. The number of nitrogens with one attached hydrogen (secondary N) is 1. The van der Waals surface area contributed by atoms with Crippen LogP contribution in [0.4, 0.5) is 11.4 Å². The van der Waals surface area contributed by atoms with E-state index in [4.69, 9.17) is 18.0 Å². The molecule has 3 rings (SSSR count). The van der Waals surface area contributed by atoms with E-state index in [1.165, 1.54) is 0 Å². The largest absolute Gasteiger partial charge is 0.389 e. The van der Waals surface area contributed by atoms with Crippen LogP contribution in [-0.4, -0.2) is 9.97 Å². The van der Waals surface area contributed by atoms with Crippen LogP contribution in [-0.2, 0) is 0 Å². The fourth-order valence-corrected chi connectivity index (χ4v) is 3.08. The molecule has 1 aromatic heterocycles. The zero-order valence-electron chi connectivity index (χ0n) is 11.0. The van der Waals surface area contributed by atoms with Gasteiger partial charge in [-0.15, -0.1) is 0 Å². The zero-order chi connectivity index (χ0) is 14.8. The molecule has 0 radical (unpaired) electrons. The summed E-state index contributed by atoms with van der Waals surface area (Å²) in [6, 6.07) is 13.9. The molecule has 2 aromatic carbocycles. The highest BCUT2D eigenvalue weighted by molar-refractivity contribution is 9.10. The summed E-state index contributed by atoms with van der Waals surface area (Å²) in [5.74, 6) is 0. The number of nitrogens with two attached hydrogens (primary N) is 1. The molecule has 1 heterocycles. The van der Waals surface area contributed by atoms with E-state index in [1.807, 2.05) is 48.7 Å². The van der Waals surface area contributed by atoms with Crippen molar-refractivity contribution in [3.63, 3.8) is 0 Å². The summed E-state index contributed by atoms with van der Waals surface area (Å²) in [6.07, 6.45) is 3.64. The number of aromatic nitrogens is 1. The highest BCUT2D eigenvalue weighted by Crippen LogP contribution is 2.28. The van der Waals surface area contributed by atoms with E-state index in [-0.39, 0.29) is 0 Å². The van der Waals surface area contributed by atoms with Crippen molar-refractivity contribution in [2.45, 2.75) is 0 Å². The zero-order valence-corrected chi connectivity index (χ0v) is 13.4. The number of thiocarbonyl (C=S) groups is 1. The van der Waals surface area contributed by atoms with Crippen molar-refractivity contribution in [2.24, 2.45) is 5.73 Å². The highest BCUT2D eigenvalue weighted by Gasteiger charge is 2.05. The topological polar surface area (TPSA) is 50.9 Å². The first kappa shape index (κ1) is 14.0. The van der Waals surface area contributed by atoms with Crippen molar-refractivity contribution in [3.8, 4) is 0 Å². The standard InChI is InChI=1S/C16H12BrN3S/c17-14-8-11(4-5-13(14)16(18)21)20-15-3-1-2-10-9-19-7-6-12(10)15/h1-9,20H,(H2,18,21). The Balaban J connectivity index is 1.99. The number of benzene rings is 2. The van der Waals surface area contributed by atoms with Crippen LogP contribution in [0.15, 0.2) is 59.3 Å². The fourth-order valence-electron chi connectivity index (χ4n) is 2.18. The number of fused-ring (bicyclic) bond motifs is 1. The predicted octanol–water partition coefficient (Wildman–Crippen LogP) is 4.38. The van der Waals surface area contributed by atoms with Gasteiger partial charge in [-0.1, -0.05) is 24.4 Å². The van der Waals surface area contributed by atoms with Crippen LogP contribution in [0, 0.1) is 0 Å². The average molecular weight is 358 g/mol. The third kappa shape index (κ3) is 2.89. The van der Waals surface area contributed by atoms with E-state index < -0.39 is 0 Å². The lowest BCUT2D eigenvalue weighted by Crippen LogP contribution is -2.10. The second kappa shape index (κ2) is 5.79. The van der Waals surface area contributed by atoms with Gasteiger partial charge in [0.25, 0.3) is 0 Å². The highest BCUT2D eigenvalue weighted by atomic mass is 79.9. The molecule has 0 fully saturated rings. The minimum absolute atomic E-state index is 0.379. The minimum atomic E-state index is 0.379. The van der Waals surface area contributed by atoms with Crippen LogP contribution < -0.4 is 11.1 Å².